The van der Waals surface area contributed by atoms with Gasteiger partial charge in [0.05, 0.1) is 28.2 Å². The molecule has 2 N–H and O–H groups in total. The molecular weight excluding hydrogens is 318 g/mol. The van der Waals surface area contributed by atoms with E-state index in [0.29, 0.717) is 6.42 Å². The van der Waals surface area contributed by atoms with Crippen molar-refractivity contribution in [1.82, 2.24) is 15.6 Å². The number of thiazole rings is 1. The summed E-state index contributed by atoms with van der Waals surface area (Å²) in [5, 5.41) is 5.56. The zero-order chi connectivity index (χ0) is 16.7. The first-order valence-electron chi connectivity index (χ1n) is 7.06. The molecule has 0 saturated carbocycles. The van der Waals surface area contributed by atoms with Crippen LogP contribution in [0.1, 0.15) is 11.4 Å². The van der Waals surface area contributed by atoms with E-state index in [9.17, 15) is 14.4 Å². The average molecular weight is 335 g/mol. The van der Waals surface area contributed by atoms with Gasteiger partial charge in [-0.2, -0.15) is 0 Å². The topological polar surface area (TPSA) is 97.4 Å². The molecule has 0 fully saturated rings. The van der Waals surface area contributed by atoms with Crippen LogP contribution in [0, 0.1) is 0 Å². The van der Waals surface area contributed by atoms with Crippen molar-refractivity contribution in [1.29, 1.82) is 0 Å². The Morgan fingerprint density at radius 1 is 1.22 bits per heavy atom. The summed E-state index contributed by atoms with van der Waals surface area (Å²) < 4.78 is 5.93. The maximum atomic E-state index is 11.6. The molecule has 7 nitrogen and oxygen atoms in total. The molecule has 0 unspecified atom stereocenters. The molecule has 0 atom stereocenters. The quantitative estimate of drug-likeness (QED) is 0.724. The van der Waals surface area contributed by atoms with Crippen molar-refractivity contribution in [2.45, 2.75) is 12.8 Å². The lowest BCUT2D eigenvalue weighted by Gasteiger charge is -2.05. The standard InChI is InChI=1S/C15H17N3O4S/c1-16-12(19)8-17-13(20)9-22-15(21)7-6-14-18-10-4-2-3-5-11(10)23-14/h2-5H,6-9H2,1H3,(H,16,19)(H,17,20). The Bertz CT molecular complexity index is 681. The van der Waals surface area contributed by atoms with Gasteiger partial charge in [-0.05, 0) is 12.1 Å². The molecule has 0 aliphatic rings. The molecule has 1 heterocycles. The number of nitrogens with one attached hydrogen (secondary N) is 2. The molecule has 0 bridgehead atoms. The predicted octanol–water partition coefficient (Wildman–Crippen LogP) is 0.634. The summed E-state index contributed by atoms with van der Waals surface area (Å²) in [4.78, 5) is 38.4. The minimum absolute atomic E-state index is 0.140. The maximum absolute atomic E-state index is 11.6. The molecule has 0 aliphatic carbocycles. The number of hydrogen-bond donors (Lipinski definition) is 2. The van der Waals surface area contributed by atoms with Crippen molar-refractivity contribution < 1.29 is 19.1 Å². The van der Waals surface area contributed by atoms with Crippen LogP contribution in [0.25, 0.3) is 10.2 Å². The fourth-order valence-electron chi connectivity index (χ4n) is 1.77. The number of aryl methyl sites for hydroxylation is 1. The van der Waals surface area contributed by atoms with Crippen LogP contribution in [0.3, 0.4) is 0 Å². The Labute approximate surface area is 137 Å². The maximum Gasteiger partial charge on any atom is 0.306 e. The third kappa shape index (κ3) is 5.33. The lowest BCUT2D eigenvalue weighted by atomic mass is 10.3. The Morgan fingerprint density at radius 2 is 2.00 bits per heavy atom. The van der Waals surface area contributed by atoms with E-state index in [0.717, 1.165) is 15.2 Å². The van der Waals surface area contributed by atoms with Crippen LogP contribution in [-0.4, -0.2) is 43.0 Å². The number of benzene rings is 1. The second-order valence-electron chi connectivity index (χ2n) is 4.69. The van der Waals surface area contributed by atoms with Gasteiger partial charge in [0.15, 0.2) is 6.61 Å². The number of fused-ring (bicyclic) bond motifs is 1. The fraction of sp³-hybridized carbons (Fsp3) is 0.333. The largest absolute Gasteiger partial charge is 0.456 e. The molecule has 2 aromatic rings. The molecule has 1 aromatic carbocycles. The second-order valence-corrected chi connectivity index (χ2v) is 5.80. The molecule has 2 amide bonds. The van der Waals surface area contributed by atoms with Crippen LogP contribution in [-0.2, 0) is 25.5 Å². The van der Waals surface area contributed by atoms with Crippen molar-refractivity contribution in [2.75, 3.05) is 20.2 Å². The van der Waals surface area contributed by atoms with Gasteiger partial charge in [-0.1, -0.05) is 12.1 Å². The zero-order valence-corrected chi connectivity index (χ0v) is 13.4. The van der Waals surface area contributed by atoms with E-state index < -0.39 is 18.5 Å². The first-order chi connectivity index (χ1) is 11.1. The van der Waals surface area contributed by atoms with E-state index in [2.05, 4.69) is 15.6 Å². The van der Waals surface area contributed by atoms with Crippen molar-refractivity contribution in [3.63, 3.8) is 0 Å². The minimum Gasteiger partial charge on any atom is -0.456 e. The molecule has 23 heavy (non-hydrogen) atoms. The highest BCUT2D eigenvalue weighted by molar-refractivity contribution is 7.18. The van der Waals surface area contributed by atoms with Gasteiger partial charge in [-0.15, -0.1) is 11.3 Å². The van der Waals surface area contributed by atoms with Crippen LogP contribution >= 0.6 is 11.3 Å². The van der Waals surface area contributed by atoms with Crippen molar-refractivity contribution in [3.05, 3.63) is 29.3 Å². The summed E-state index contributed by atoms with van der Waals surface area (Å²) in [5.74, 6) is -1.30. The van der Waals surface area contributed by atoms with Crippen LogP contribution < -0.4 is 10.6 Å². The third-order valence-electron chi connectivity index (χ3n) is 2.97. The smallest absolute Gasteiger partial charge is 0.306 e. The highest BCUT2D eigenvalue weighted by Gasteiger charge is 2.10. The van der Waals surface area contributed by atoms with Crippen LogP contribution in [0.5, 0.6) is 0 Å². The first kappa shape index (κ1) is 16.9. The van der Waals surface area contributed by atoms with Gasteiger partial charge in [-0.3, -0.25) is 14.4 Å². The summed E-state index contributed by atoms with van der Waals surface area (Å²) >= 11 is 1.53. The number of para-hydroxylation sites is 1. The molecule has 0 spiro atoms. The second kappa shape index (κ2) is 8.23. The van der Waals surface area contributed by atoms with E-state index in [1.165, 1.54) is 18.4 Å². The van der Waals surface area contributed by atoms with Crippen LogP contribution in [0.4, 0.5) is 0 Å². The number of esters is 1. The Kier molecular flexibility index (Phi) is 6.04. The Morgan fingerprint density at radius 3 is 2.74 bits per heavy atom. The summed E-state index contributed by atoms with van der Waals surface area (Å²) in [6, 6.07) is 7.75. The molecule has 122 valence electrons. The van der Waals surface area contributed by atoms with Gasteiger partial charge in [0, 0.05) is 13.5 Å². The predicted molar refractivity (Wildman–Crippen MR) is 86.0 cm³/mol. The van der Waals surface area contributed by atoms with E-state index in [1.807, 2.05) is 24.3 Å². The van der Waals surface area contributed by atoms with E-state index >= 15 is 0 Å². The lowest BCUT2D eigenvalue weighted by molar-refractivity contribution is -0.148. The monoisotopic (exact) mass is 335 g/mol. The minimum atomic E-state index is -0.512. The number of ether oxygens (including phenoxy) is 1. The number of nitrogens with zero attached hydrogens (tertiary/aromatic N) is 1. The van der Waals surface area contributed by atoms with E-state index in [1.54, 1.807) is 0 Å². The normalized spacial score (nSPS) is 10.3. The number of carbonyl (C=O) groups is 3. The molecule has 0 aliphatic heterocycles. The molecule has 0 radical (unpaired) electrons. The number of aromatic nitrogens is 1. The van der Waals surface area contributed by atoms with E-state index in [-0.39, 0.29) is 18.9 Å². The lowest BCUT2D eigenvalue weighted by Crippen LogP contribution is -2.37. The van der Waals surface area contributed by atoms with Gasteiger partial charge in [0.1, 0.15) is 0 Å². The summed E-state index contributed by atoms with van der Waals surface area (Å²) in [7, 11) is 1.47. The van der Waals surface area contributed by atoms with Crippen LogP contribution in [0.2, 0.25) is 0 Å². The highest BCUT2D eigenvalue weighted by atomic mass is 32.1. The summed E-state index contributed by atoms with van der Waals surface area (Å²) in [5.41, 5.74) is 0.912. The van der Waals surface area contributed by atoms with E-state index in [4.69, 9.17) is 4.74 Å². The number of likely N-dealkylation sites (N-methyl/N-ethyl adjacent to an activating group) is 1. The van der Waals surface area contributed by atoms with Crippen molar-refractivity contribution in [3.8, 4) is 0 Å². The number of hydrogen-bond acceptors (Lipinski definition) is 6. The van der Waals surface area contributed by atoms with Gasteiger partial charge in [-0.25, -0.2) is 4.98 Å². The van der Waals surface area contributed by atoms with Gasteiger partial charge in [0.25, 0.3) is 5.91 Å². The molecule has 0 saturated heterocycles. The fourth-order valence-corrected chi connectivity index (χ4v) is 2.74. The number of rotatable bonds is 7. The third-order valence-corrected chi connectivity index (χ3v) is 4.07. The summed E-state index contributed by atoms with van der Waals surface area (Å²) in [6.07, 6.45) is 0.626. The van der Waals surface area contributed by atoms with Gasteiger partial charge < -0.3 is 15.4 Å². The van der Waals surface area contributed by atoms with Gasteiger partial charge in [0.2, 0.25) is 5.91 Å². The highest BCUT2D eigenvalue weighted by Crippen LogP contribution is 2.22. The first-order valence-corrected chi connectivity index (χ1v) is 7.87. The molecular formula is C15H17N3O4S. The van der Waals surface area contributed by atoms with Crippen molar-refractivity contribution >= 4 is 39.3 Å². The van der Waals surface area contributed by atoms with Gasteiger partial charge >= 0.3 is 5.97 Å². The molecule has 2 rings (SSSR count). The number of amides is 2. The average Bonchev–Trinajstić information content (AvgIpc) is 2.98. The number of carbonyl (C=O) groups excluding carboxylic acids is 3. The Balaban J connectivity index is 1.70. The van der Waals surface area contributed by atoms with Crippen molar-refractivity contribution in [2.24, 2.45) is 0 Å². The molecule has 8 heteroatoms. The van der Waals surface area contributed by atoms with Crippen LogP contribution in [0.15, 0.2) is 24.3 Å². The summed E-state index contributed by atoms with van der Waals surface area (Å²) in [6.45, 7) is -0.533. The Hall–Kier alpha value is -2.48. The molecule has 1 aromatic heterocycles. The zero-order valence-electron chi connectivity index (χ0n) is 12.6. The SMILES string of the molecule is CNC(=O)CNC(=O)COC(=O)CCc1nc2ccccc2s1.